The summed E-state index contributed by atoms with van der Waals surface area (Å²) in [5.74, 6) is -0.0865. The van der Waals surface area contributed by atoms with Crippen LogP contribution in [0.5, 0.6) is 0 Å². The van der Waals surface area contributed by atoms with E-state index in [1.807, 2.05) is 13.0 Å². The van der Waals surface area contributed by atoms with E-state index >= 15 is 0 Å². The van der Waals surface area contributed by atoms with E-state index < -0.39 is 0 Å². The smallest absolute Gasteiger partial charge is 0.273 e. The Hall–Kier alpha value is -1.71. The molecule has 0 saturated heterocycles. The first-order valence-corrected chi connectivity index (χ1v) is 5.30. The largest absolute Gasteiger partial charge is 0.340 e. The fraction of sp³-hybridized carbons (Fsp3) is 0.417. The topological polar surface area (TPSA) is 46.1 Å². The number of carbonyl (C=O) groups is 1. The second-order valence-corrected chi connectivity index (χ2v) is 3.70. The second-order valence-electron chi connectivity index (χ2n) is 3.70. The Balaban J connectivity index is 2.56. The molecule has 1 heterocycles. The molecular weight excluding hydrogens is 202 g/mol. The molecule has 0 fully saturated rings. The predicted molar refractivity (Wildman–Crippen MR) is 63.2 cm³/mol. The summed E-state index contributed by atoms with van der Waals surface area (Å²) in [7, 11) is 1.77. The van der Waals surface area contributed by atoms with Gasteiger partial charge in [-0.05, 0) is 19.8 Å². The van der Waals surface area contributed by atoms with Crippen molar-refractivity contribution in [3.05, 3.63) is 36.4 Å². The Morgan fingerprint density at radius 1 is 1.50 bits per heavy atom. The number of aryl methyl sites for hydroxylation is 1. The molecule has 0 spiro atoms. The number of allylic oxidation sites excluding steroid dienone is 1. The first-order valence-electron chi connectivity index (χ1n) is 5.30. The fourth-order valence-electron chi connectivity index (χ4n) is 1.27. The summed E-state index contributed by atoms with van der Waals surface area (Å²) in [5, 5.41) is 0. The van der Waals surface area contributed by atoms with Gasteiger partial charge in [-0.15, -0.1) is 6.58 Å². The van der Waals surface area contributed by atoms with E-state index in [0.717, 1.165) is 18.5 Å². The number of nitrogens with zero attached hydrogens (tertiary/aromatic N) is 3. The summed E-state index contributed by atoms with van der Waals surface area (Å²) < 4.78 is 0. The van der Waals surface area contributed by atoms with Crippen molar-refractivity contribution in [2.45, 2.75) is 19.8 Å². The molecule has 0 saturated carbocycles. The lowest BCUT2D eigenvalue weighted by atomic mass is 10.3. The molecule has 0 radical (unpaired) electrons. The van der Waals surface area contributed by atoms with E-state index in [1.54, 1.807) is 18.1 Å². The van der Waals surface area contributed by atoms with Crippen molar-refractivity contribution in [2.24, 2.45) is 0 Å². The number of aromatic nitrogens is 2. The van der Waals surface area contributed by atoms with Gasteiger partial charge in [-0.25, -0.2) is 4.98 Å². The third-order valence-corrected chi connectivity index (χ3v) is 2.25. The van der Waals surface area contributed by atoms with Crippen LogP contribution in [-0.4, -0.2) is 34.4 Å². The minimum Gasteiger partial charge on any atom is -0.340 e. The van der Waals surface area contributed by atoms with Gasteiger partial charge in [-0.1, -0.05) is 6.08 Å². The molecule has 0 N–H and O–H groups in total. The number of carbonyl (C=O) groups excluding carboxylic acids is 1. The lowest BCUT2D eigenvalue weighted by Crippen LogP contribution is -2.28. The van der Waals surface area contributed by atoms with Crippen molar-refractivity contribution in [2.75, 3.05) is 13.6 Å². The molecule has 86 valence electrons. The monoisotopic (exact) mass is 219 g/mol. The van der Waals surface area contributed by atoms with Crippen LogP contribution >= 0.6 is 0 Å². The van der Waals surface area contributed by atoms with Crippen LogP contribution in [0.1, 0.15) is 29.0 Å². The molecule has 1 aromatic rings. The molecular formula is C12H17N3O. The molecule has 4 nitrogen and oxygen atoms in total. The van der Waals surface area contributed by atoms with Crippen molar-refractivity contribution < 1.29 is 4.79 Å². The fourth-order valence-corrected chi connectivity index (χ4v) is 1.27. The minimum absolute atomic E-state index is 0.0865. The van der Waals surface area contributed by atoms with Gasteiger partial charge in [-0.2, -0.15) is 0 Å². The molecule has 0 bridgehead atoms. The molecule has 16 heavy (non-hydrogen) atoms. The van der Waals surface area contributed by atoms with Crippen LogP contribution in [0.15, 0.2) is 25.0 Å². The maximum atomic E-state index is 11.8. The van der Waals surface area contributed by atoms with Crippen molar-refractivity contribution in [3.63, 3.8) is 0 Å². The molecule has 1 aromatic heterocycles. The quantitative estimate of drug-likeness (QED) is 0.560. The second kappa shape index (κ2) is 6.00. The van der Waals surface area contributed by atoms with Gasteiger partial charge in [-0.3, -0.25) is 9.78 Å². The standard InChI is InChI=1S/C12H17N3O/c1-4-5-6-7-15(3)12(16)11-9-13-10(2)8-14-11/h4,8-9H,1,5-7H2,2-3H3. The van der Waals surface area contributed by atoms with Crippen molar-refractivity contribution in [3.8, 4) is 0 Å². The molecule has 1 rings (SSSR count). The summed E-state index contributed by atoms with van der Waals surface area (Å²) in [4.78, 5) is 21.6. The SMILES string of the molecule is C=CCCCN(C)C(=O)c1cnc(C)cn1. The number of hydrogen-bond acceptors (Lipinski definition) is 3. The predicted octanol–water partition coefficient (Wildman–Crippen LogP) is 1.82. The zero-order valence-electron chi connectivity index (χ0n) is 9.81. The molecule has 0 atom stereocenters. The van der Waals surface area contributed by atoms with E-state index in [0.29, 0.717) is 12.2 Å². The number of rotatable bonds is 5. The van der Waals surface area contributed by atoms with Crippen LogP contribution in [0.3, 0.4) is 0 Å². The van der Waals surface area contributed by atoms with Gasteiger partial charge in [0.1, 0.15) is 5.69 Å². The summed E-state index contributed by atoms with van der Waals surface area (Å²) in [5.41, 5.74) is 1.21. The molecule has 4 heteroatoms. The van der Waals surface area contributed by atoms with Gasteiger partial charge >= 0.3 is 0 Å². The number of unbranched alkanes of at least 4 members (excludes halogenated alkanes) is 1. The number of amides is 1. The third kappa shape index (κ3) is 3.46. The Bertz CT molecular complexity index is 359. The van der Waals surface area contributed by atoms with E-state index in [1.165, 1.54) is 6.20 Å². The van der Waals surface area contributed by atoms with E-state index in [-0.39, 0.29) is 5.91 Å². The summed E-state index contributed by atoms with van der Waals surface area (Å²) in [6, 6.07) is 0. The third-order valence-electron chi connectivity index (χ3n) is 2.25. The van der Waals surface area contributed by atoms with Gasteiger partial charge in [0, 0.05) is 19.8 Å². The van der Waals surface area contributed by atoms with Gasteiger partial charge in [0.2, 0.25) is 0 Å². The Kier molecular flexibility index (Phi) is 4.64. The van der Waals surface area contributed by atoms with Crippen LogP contribution < -0.4 is 0 Å². The van der Waals surface area contributed by atoms with E-state index in [4.69, 9.17) is 0 Å². The highest BCUT2D eigenvalue weighted by Crippen LogP contribution is 2.01. The zero-order chi connectivity index (χ0) is 12.0. The lowest BCUT2D eigenvalue weighted by molar-refractivity contribution is 0.0787. The molecule has 0 aromatic carbocycles. The van der Waals surface area contributed by atoms with Crippen molar-refractivity contribution >= 4 is 5.91 Å². The highest BCUT2D eigenvalue weighted by atomic mass is 16.2. The van der Waals surface area contributed by atoms with Gasteiger partial charge in [0.25, 0.3) is 5.91 Å². The van der Waals surface area contributed by atoms with E-state index in [2.05, 4.69) is 16.5 Å². The molecule has 0 aliphatic heterocycles. The summed E-state index contributed by atoms with van der Waals surface area (Å²) in [6.07, 6.45) is 6.80. The van der Waals surface area contributed by atoms with E-state index in [9.17, 15) is 4.79 Å². The molecule has 0 unspecified atom stereocenters. The average molecular weight is 219 g/mol. The first-order chi connectivity index (χ1) is 7.65. The Morgan fingerprint density at radius 2 is 2.25 bits per heavy atom. The zero-order valence-corrected chi connectivity index (χ0v) is 9.81. The van der Waals surface area contributed by atoms with Crippen LogP contribution in [-0.2, 0) is 0 Å². The molecule has 1 amide bonds. The van der Waals surface area contributed by atoms with Crippen LogP contribution in [0.25, 0.3) is 0 Å². The van der Waals surface area contributed by atoms with Gasteiger partial charge in [0.05, 0.1) is 11.9 Å². The Labute approximate surface area is 96.0 Å². The average Bonchev–Trinajstić information content (AvgIpc) is 2.29. The highest BCUT2D eigenvalue weighted by molar-refractivity contribution is 5.91. The molecule has 0 aliphatic rings. The van der Waals surface area contributed by atoms with Crippen molar-refractivity contribution in [1.82, 2.24) is 14.9 Å². The highest BCUT2D eigenvalue weighted by Gasteiger charge is 2.12. The Morgan fingerprint density at radius 3 is 2.81 bits per heavy atom. The number of hydrogen-bond donors (Lipinski definition) is 0. The summed E-state index contributed by atoms with van der Waals surface area (Å²) >= 11 is 0. The maximum Gasteiger partial charge on any atom is 0.273 e. The summed E-state index contributed by atoms with van der Waals surface area (Å²) in [6.45, 7) is 6.20. The van der Waals surface area contributed by atoms with Gasteiger partial charge in [0.15, 0.2) is 0 Å². The maximum absolute atomic E-state index is 11.8. The molecule has 0 aliphatic carbocycles. The lowest BCUT2D eigenvalue weighted by Gasteiger charge is -2.15. The van der Waals surface area contributed by atoms with Crippen LogP contribution in [0.4, 0.5) is 0 Å². The normalized spacial score (nSPS) is 9.88. The van der Waals surface area contributed by atoms with Crippen LogP contribution in [0, 0.1) is 6.92 Å². The van der Waals surface area contributed by atoms with Crippen molar-refractivity contribution in [1.29, 1.82) is 0 Å². The first kappa shape index (κ1) is 12.4. The minimum atomic E-state index is -0.0865. The van der Waals surface area contributed by atoms with Crippen LogP contribution in [0.2, 0.25) is 0 Å². The van der Waals surface area contributed by atoms with Gasteiger partial charge < -0.3 is 4.90 Å².